The Balaban J connectivity index is 1.24. The number of nitrogens with zero attached hydrogens (tertiary/aromatic N) is 2. The van der Waals surface area contributed by atoms with E-state index in [2.05, 4.69) is 9.97 Å². The van der Waals surface area contributed by atoms with Crippen molar-refractivity contribution in [1.29, 1.82) is 0 Å². The van der Waals surface area contributed by atoms with Gasteiger partial charge in [0, 0.05) is 6.54 Å². The van der Waals surface area contributed by atoms with E-state index in [4.69, 9.17) is 4.74 Å². The van der Waals surface area contributed by atoms with E-state index in [-0.39, 0.29) is 24.0 Å². The Kier molecular flexibility index (Phi) is 5.26. The number of ether oxygens (including phenoxy) is 1. The van der Waals surface area contributed by atoms with Gasteiger partial charge in [0.25, 0.3) is 0 Å². The number of esters is 1. The lowest BCUT2D eigenvalue weighted by molar-refractivity contribution is -0.140. The lowest BCUT2D eigenvalue weighted by Gasteiger charge is -2.05. The van der Waals surface area contributed by atoms with Gasteiger partial charge in [-0.05, 0) is 30.7 Å². The van der Waals surface area contributed by atoms with E-state index in [0.717, 1.165) is 25.6 Å². The fraction of sp³-hybridized carbons (Fsp3) is 0.211. The van der Waals surface area contributed by atoms with Crippen LogP contribution in [0.1, 0.15) is 6.42 Å². The molecule has 0 atom stereocenters. The maximum atomic E-state index is 12.0. The highest BCUT2D eigenvalue weighted by Crippen LogP contribution is 2.29. The summed E-state index contributed by atoms with van der Waals surface area (Å²) in [6, 6.07) is 15.4. The summed E-state index contributed by atoms with van der Waals surface area (Å²) >= 11 is 2.96. The number of benzene rings is 2. The second-order valence-corrected chi connectivity index (χ2v) is 8.16. The average Bonchev–Trinajstić information content (AvgIpc) is 3.23. The van der Waals surface area contributed by atoms with Crippen molar-refractivity contribution in [3.8, 4) is 0 Å². The molecule has 0 saturated carbocycles. The summed E-state index contributed by atoms with van der Waals surface area (Å²) in [7, 11) is 0. The van der Waals surface area contributed by atoms with Crippen LogP contribution in [0.15, 0.2) is 57.7 Å². The average molecular weight is 399 g/mol. The monoisotopic (exact) mass is 399 g/mol. The summed E-state index contributed by atoms with van der Waals surface area (Å²) in [4.78, 5) is 31.2. The molecular formula is C19H17N3O3S2. The summed E-state index contributed by atoms with van der Waals surface area (Å²) in [5.74, 6) is -0.0436. The number of H-pyrrole nitrogens is 1. The van der Waals surface area contributed by atoms with E-state index >= 15 is 0 Å². The molecule has 0 aliphatic rings. The zero-order valence-corrected chi connectivity index (χ0v) is 16.0. The van der Waals surface area contributed by atoms with Crippen molar-refractivity contribution in [1.82, 2.24) is 14.5 Å². The molecule has 4 aromatic rings. The van der Waals surface area contributed by atoms with Gasteiger partial charge >= 0.3 is 11.7 Å². The van der Waals surface area contributed by atoms with Crippen LogP contribution in [0.3, 0.4) is 0 Å². The fourth-order valence-electron chi connectivity index (χ4n) is 2.81. The predicted molar refractivity (Wildman–Crippen MR) is 108 cm³/mol. The number of thioether (sulfide) groups is 1. The molecule has 0 spiro atoms. The van der Waals surface area contributed by atoms with Crippen LogP contribution in [0.2, 0.25) is 0 Å². The number of thiazole rings is 1. The minimum atomic E-state index is -0.273. The number of hydrogen-bond donors (Lipinski definition) is 1. The van der Waals surface area contributed by atoms with E-state index in [1.165, 1.54) is 11.8 Å². The van der Waals surface area contributed by atoms with Crippen molar-refractivity contribution in [2.24, 2.45) is 0 Å². The van der Waals surface area contributed by atoms with Gasteiger partial charge < -0.3 is 9.72 Å². The smallest absolute Gasteiger partial charge is 0.326 e. The molecule has 0 bridgehead atoms. The number of carbonyl (C=O) groups excluding carboxylic acids is 1. The van der Waals surface area contributed by atoms with Gasteiger partial charge in [-0.3, -0.25) is 9.36 Å². The second-order valence-electron chi connectivity index (χ2n) is 5.91. The molecule has 8 heteroatoms. The third-order valence-electron chi connectivity index (χ3n) is 4.06. The third kappa shape index (κ3) is 4.06. The van der Waals surface area contributed by atoms with Crippen molar-refractivity contribution >= 4 is 50.3 Å². The molecule has 27 heavy (non-hydrogen) atoms. The first-order valence-electron chi connectivity index (χ1n) is 8.52. The first kappa shape index (κ1) is 17.8. The Hall–Kier alpha value is -2.58. The lowest BCUT2D eigenvalue weighted by Crippen LogP contribution is -2.18. The van der Waals surface area contributed by atoms with Gasteiger partial charge in [-0.1, -0.05) is 36.0 Å². The van der Waals surface area contributed by atoms with Crippen LogP contribution in [-0.4, -0.2) is 32.9 Å². The molecule has 2 aromatic heterocycles. The van der Waals surface area contributed by atoms with E-state index < -0.39 is 0 Å². The summed E-state index contributed by atoms with van der Waals surface area (Å²) in [6.45, 7) is 0.784. The summed E-state index contributed by atoms with van der Waals surface area (Å²) in [5, 5.41) is 0. The van der Waals surface area contributed by atoms with Crippen molar-refractivity contribution in [2.75, 3.05) is 12.4 Å². The number of carbonyl (C=O) groups is 1. The van der Waals surface area contributed by atoms with Crippen molar-refractivity contribution in [2.45, 2.75) is 17.3 Å². The zero-order chi connectivity index (χ0) is 18.6. The summed E-state index contributed by atoms with van der Waals surface area (Å²) < 4.78 is 8.91. The first-order chi connectivity index (χ1) is 13.2. The fourth-order valence-corrected chi connectivity index (χ4v) is 4.68. The van der Waals surface area contributed by atoms with Crippen molar-refractivity contribution in [3.05, 3.63) is 59.0 Å². The topological polar surface area (TPSA) is 77.0 Å². The minimum absolute atomic E-state index is 0.145. The van der Waals surface area contributed by atoms with E-state index in [1.807, 2.05) is 48.5 Å². The van der Waals surface area contributed by atoms with E-state index in [1.54, 1.807) is 15.9 Å². The number of para-hydroxylation sites is 3. The quantitative estimate of drug-likeness (QED) is 0.291. The predicted octanol–water partition coefficient (Wildman–Crippen LogP) is 3.66. The van der Waals surface area contributed by atoms with Gasteiger partial charge in [0.1, 0.15) is 0 Å². The maximum Gasteiger partial charge on any atom is 0.326 e. The van der Waals surface area contributed by atoms with Gasteiger partial charge in [-0.2, -0.15) is 0 Å². The van der Waals surface area contributed by atoms with Crippen LogP contribution < -0.4 is 5.69 Å². The Morgan fingerprint density at radius 2 is 2.00 bits per heavy atom. The molecule has 2 aromatic carbocycles. The van der Waals surface area contributed by atoms with Crippen LogP contribution in [0, 0.1) is 0 Å². The van der Waals surface area contributed by atoms with Gasteiger partial charge in [-0.25, -0.2) is 9.78 Å². The molecule has 0 unspecified atom stereocenters. The summed E-state index contributed by atoms with van der Waals surface area (Å²) in [5.41, 5.74) is 2.48. The Labute approximate surface area is 163 Å². The van der Waals surface area contributed by atoms with Crippen LogP contribution in [0.25, 0.3) is 21.3 Å². The van der Waals surface area contributed by atoms with E-state index in [9.17, 15) is 9.59 Å². The highest BCUT2D eigenvalue weighted by Gasteiger charge is 2.09. The molecule has 2 heterocycles. The van der Waals surface area contributed by atoms with Crippen LogP contribution in [0.5, 0.6) is 0 Å². The number of rotatable bonds is 7. The van der Waals surface area contributed by atoms with Crippen LogP contribution in [0.4, 0.5) is 0 Å². The Bertz CT molecular complexity index is 1110. The maximum absolute atomic E-state index is 12.0. The highest BCUT2D eigenvalue weighted by atomic mass is 32.2. The standard InChI is InChI=1S/C19H17N3O3S2/c23-17(12-26-19-21-14-7-2-4-9-16(14)27-19)25-11-5-10-22-15-8-3-1-6-13(15)20-18(22)24/h1-4,6-9H,5,10-12H2,(H,20,24). The number of aromatic amines is 1. The van der Waals surface area contributed by atoms with Crippen LogP contribution in [-0.2, 0) is 16.1 Å². The highest BCUT2D eigenvalue weighted by molar-refractivity contribution is 8.01. The molecule has 1 N–H and O–H groups in total. The van der Waals surface area contributed by atoms with Gasteiger partial charge in [0.15, 0.2) is 4.34 Å². The van der Waals surface area contributed by atoms with E-state index in [0.29, 0.717) is 13.0 Å². The lowest BCUT2D eigenvalue weighted by atomic mass is 10.3. The Morgan fingerprint density at radius 1 is 1.19 bits per heavy atom. The Morgan fingerprint density at radius 3 is 2.89 bits per heavy atom. The molecule has 0 radical (unpaired) electrons. The van der Waals surface area contributed by atoms with Gasteiger partial charge in [0.05, 0.1) is 33.6 Å². The zero-order valence-electron chi connectivity index (χ0n) is 14.4. The van der Waals surface area contributed by atoms with Crippen LogP contribution >= 0.6 is 23.1 Å². The number of nitrogens with one attached hydrogen (secondary N) is 1. The molecule has 0 saturated heterocycles. The number of imidazole rings is 1. The number of aromatic nitrogens is 3. The SMILES string of the molecule is O=C(CSc1nc2ccccc2s1)OCCCn1c(=O)[nH]c2ccccc21. The minimum Gasteiger partial charge on any atom is -0.465 e. The normalized spacial score (nSPS) is 11.3. The molecular weight excluding hydrogens is 382 g/mol. The van der Waals surface area contributed by atoms with Crippen molar-refractivity contribution in [3.63, 3.8) is 0 Å². The molecule has 0 amide bonds. The molecule has 0 fully saturated rings. The molecule has 6 nitrogen and oxygen atoms in total. The van der Waals surface area contributed by atoms with Crippen molar-refractivity contribution < 1.29 is 9.53 Å². The second kappa shape index (κ2) is 7.98. The van der Waals surface area contributed by atoms with Gasteiger partial charge in [-0.15, -0.1) is 11.3 Å². The first-order valence-corrected chi connectivity index (χ1v) is 10.3. The number of fused-ring (bicyclic) bond motifs is 2. The molecule has 0 aliphatic carbocycles. The molecule has 0 aliphatic heterocycles. The van der Waals surface area contributed by atoms with Gasteiger partial charge in [0.2, 0.25) is 0 Å². The number of hydrogen-bond acceptors (Lipinski definition) is 6. The molecule has 138 valence electrons. The molecule has 4 rings (SSSR count). The third-order valence-corrected chi connectivity index (χ3v) is 6.21. The summed E-state index contributed by atoms with van der Waals surface area (Å²) in [6.07, 6.45) is 0.583. The largest absolute Gasteiger partial charge is 0.465 e. The number of aryl methyl sites for hydroxylation is 1.